The molecule has 4 amide bonds. The summed E-state index contributed by atoms with van der Waals surface area (Å²) in [6.45, 7) is 5.19. The van der Waals surface area contributed by atoms with Gasteiger partial charge in [-0.15, -0.1) is 0 Å². The molecular weight excluding hydrogens is 332 g/mol. The van der Waals surface area contributed by atoms with Crippen LogP contribution in [-0.2, 0) is 9.59 Å². The predicted molar refractivity (Wildman–Crippen MR) is 102 cm³/mol. The second kappa shape index (κ2) is 9.22. The lowest BCUT2D eigenvalue weighted by Gasteiger charge is -2.23. The monoisotopic (exact) mass is 360 g/mol. The molecule has 1 atom stereocenters. The van der Waals surface area contributed by atoms with Crippen molar-refractivity contribution in [2.24, 2.45) is 5.92 Å². The standard InChI is InChI=1S/C19H28N4O3/c1-12(2)20-19(26)23-16-10-8-15(9-11-16)22-18(25)17(21-13(3)24)14-6-4-5-7-14/h8-12,14,17H,4-7H2,1-3H3,(H,21,24)(H,22,25)(H2,20,23,26). The topological polar surface area (TPSA) is 99.3 Å². The van der Waals surface area contributed by atoms with Gasteiger partial charge in [0, 0.05) is 24.3 Å². The summed E-state index contributed by atoms with van der Waals surface area (Å²) in [4.78, 5) is 35.8. The van der Waals surface area contributed by atoms with Gasteiger partial charge in [0.2, 0.25) is 11.8 Å². The van der Waals surface area contributed by atoms with Crippen molar-refractivity contribution in [2.45, 2.75) is 58.5 Å². The summed E-state index contributed by atoms with van der Waals surface area (Å²) in [5.41, 5.74) is 1.26. The fourth-order valence-corrected chi connectivity index (χ4v) is 3.19. The molecule has 0 aromatic heterocycles. The average Bonchev–Trinajstić information content (AvgIpc) is 3.07. The third kappa shape index (κ3) is 6.06. The van der Waals surface area contributed by atoms with Crippen molar-refractivity contribution < 1.29 is 14.4 Å². The highest BCUT2D eigenvalue weighted by Gasteiger charge is 2.31. The molecule has 0 spiro atoms. The predicted octanol–water partition coefficient (Wildman–Crippen LogP) is 2.85. The van der Waals surface area contributed by atoms with E-state index >= 15 is 0 Å². The zero-order valence-electron chi connectivity index (χ0n) is 15.6. The van der Waals surface area contributed by atoms with Crippen LogP contribution in [0, 0.1) is 5.92 Å². The van der Waals surface area contributed by atoms with E-state index in [9.17, 15) is 14.4 Å². The second-order valence-electron chi connectivity index (χ2n) is 7.04. The molecule has 1 fully saturated rings. The number of rotatable bonds is 6. The fourth-order valence-electron chi connectivity index (χ4n) is 3.19. The van der Waals surface area contributed by atoms with Gasteiger partial charge in [-0.25, -0.2) is 4.79 Å². The summed E-state index contributed by atoms with van der Waals surface area (Å²) in [5.74, 6) is -0.224. The van der Waals surface area contributed by atoms with Crippen LogP contribution in [0.5, 0.6) is 0 Å². The van der Waals surface area contributed by atoms with Gasteiger partial charge in [0.15, 0.2) is 0 Å². The maximum absolute atomic E-state index is 12.6. The van der Waals surface area contributed by atoms with Crippen molar-refractivity contribution in [2.75, 3.05) is 10.6 Å². The van der Waals surface area contributed by atoms with Crippen molar-refractivity contribution in [1.82, 2.24) is 10.6 Å². The first-order valence-electron chi connectivity index (χ1n) is 9.10. The lowest BCUT2D eigenvalue weighted by Crippen LogP contribution is -2.47. The normalized spacial score (nSPS) is 15.4. The van der Waals surface area contributed by atoms with Crippen LogP contribution in [0.1, 0.15) is 46.5 Å². The molecule has 1 aromatic rings. The molecule has 4 N–H and O–H groups in total. The molecule has 1 aliphatic carbocycles. The molecule has 7 nitrogen and oxygen atoms in total. The van der Waals surface area contributed by atoms with Crippen LogP contribution in [0.3, 0.4) is 0 Å². The van der Waals surface area contributed by atoms with Crippen LogP contribution < -0.4 is 21.3 Å². The highest BCUT2D eigenvalue weighted by molar-refractivity contribution is 5.97. The Kier molecular flexibility index (Phi) is 7.00. The SMILES string of the molecule is CC(=O)NC(C(=O)Nc1ccc(NC(=O)NC(C)C)cc1)C1CCCC1. The number of carbonyl (C=O) groups excluding carboxylic acids is 3. The number of hydrogen-bond acceptors (Lipinski definition) is 3. The van der Waals surface area contributed by atoms with Crippen molar-refractivity contribution in [3.8, 4) is 0 Å². The van der Waals surface area contributed by atoms with Gasteiger partial charge >= 0.3 is 6.03 Å². The third-order valence-electron chi connectivity index (χ3n) is 4.34. The highest BCUT2D eigenvalue weighted by Crippen LogP contribution is 2.28. The van der Waals surface area contributed by atoms with E-state index in [0.717, 1.165) is 25.7 Å². The fraction of sp³-hybridized carbons (Fsp3) is 0.526. The van der Waals surface area contributed by atoms with Gasteiger partial charge in [0.25, 0.3) is 0 Å². The average molecular weight is 360 g/mol. The summed E-state index contributed by atoms with van der Waals surface area (Å²) >= 11 is 0. The molecule has 1 aromatic carbocycles. The van der Waals surface area contributed by atoms with Gasteiger partial charge in [-0.2, -0.15) is 0 Å². The molecular formula is C19H28N4O3. The molecule has 26 heavy (non-hydrogen) atoms. The first-order valence-corrected chi connectivity index (χ1v) is 9.10. The van der Waals surface area contributed by atoms with Gasteiger partial charge < -0.3 is 21.3 Å². The van der Waals surface area contributed by atoms with Gasteiger partial charge in [-0.1, -0.05) is 12.8 Å². The first-order chi connectivity index (χ1) is 12.3. The largest absolute Gasteiger partial charge is 0.344 e. The van der Waals surface area contributed by atoms with Crippen LogP contribution in [0.4, 0.5) is 16.2 Å². The zero-order valence-corrected chi connectivity index (χ0v) is 15.6. The molecule has 0 aliphatic heterocycles. The summed E-state index contributed by atoms with van der Waals surface area (Å²) < 4.78 is 0. The van der Waals surface area contributed by atoms with Crippen molar-refractivity contribution in [1.29, 1.82) is 0 Å². The summed E-state index contributed by atoms with van der Waals surface area (Å²) in [6, 6.07) is 6.16. The molecule has 1 unspecified atom stereocenters. The van der Waals surface area contributed by atoms with E-state index in [2.05, 4.69) is 21.3 Å². The molecule has 0 heterocycles. The van der Waals surface area contributed by atoms with Gasteiger partial charge in [-0.3, -0.25) is 9.59 Å². The number of anilines is 2. The van der Waals surface area contributed by atoms with Crippen molar-refractivity contribution >= 4 is 29.2 Å². The van der Waals surface area contributed by atoms with Crippen molar-refractivity contribution in [3.63, 3.8) is 0 Å². The lowest BCUT2D eigenvalue weighted by atomic mass is 9.97. The summed E-state index contributed by atoms with van der Waals surface area (Å²) in [7, 11) is 0. The molecule has 7 heteroatoms. The lowest BCUT2D eigenvalue weighted by molar-refractivity contribution is -0.126. The maximum Gasteiger partial charge on any atom is 0.319 e. The smallest absolute Gasteiger partial charge is 0.319 e. The Labute approximate surface area is 154 Å². The van der Waals surface area contributed by atoms with Crippen LogP contribution in [0.25, 0.3) is 0 Å². The zero-order chi connectivity index (χ0) is 19.1. The number of hydrogen-bond donors (Lipinski definition) is 4. The second-order valence-corrected chi connectivity index (χ2v) is 7.04. The Morgan fingerprint density at radius 2 is 1.46 bits per heavy atom. The van der Waals surface area contributed by atoms with E-state index < -0.39 is 6.04 Å². The van der Waals surface area contributed by atoms with Crippen LogP contribution in [-0.4, -0.2) is 29.9 Å². The molecule has 0 bridgehead atoms. The Morgan fingerprint density at radius 3 is 1.96 bits per heavy atom. The van der Waals surface area contributed by atoms with E-state index in [1.54, 1.807) is 24.3 Å². The number of benzene rings is 1. The van der Waals surface area contributed by atoms with Crippen LogP contribution in [0.15, 0.2) is 24.3 Å². The van der Waals surface area contributed by atoms with E-state index in [1.807, 2.05) is 13.8 Å². The van der Waals surface area contributed by atoms with Crippen molar-refractivity contribution in [3.05, 3.63) is 24.3 Å². The highest BCUT2D eigenvalue weighted by atomic mass is 16.2. The van der Waals surface area contributed by atoms with E-state index in [1.165, 1.54) is 6.92 Å². The number of urea groups is 1. The number of nitrogens with one attached hydrogen (secondary N) is 4. The summed E-state index contributed by atoms with van der Waals surface area (Å²) in [6.07, 6.45) is 4.08. The maximum atomic E-state index is 12.6. The summed E-state index contributed by atoms with van der Waals surface area (Å²) in [5, 5.41) is 11.1. The molecule has 142 valence electrons. The minimum Gasteiger partial charge on any atom is -0.344 e. The minimum atomic E-state index is -0.510. The minimum absolute atomic E-state index is 0.0508. The molecule has 0 saturated heterocycles. The van der Waals surface area contributed by atoms with E-state index in [0.29, 0.717) is 11.4 Å². The number of amides is 4. The molecule has 0 radical (unpaired) electrons. The quantitative estimate of drug-likeness (QED) is 0.628. The Bertz CT molecular complexity index is 637. The van der Waals surface area contributed by atoms with E-state index in [4.69, 9.17) is 0 Å². The number of carbonyl (C=O) groups is 3. The van der Waals surface area contributed by atoms with Gasteiger partial charge in [0.1, 0.15) is 6.04 Å². The van der Waals surface area contributed by atoms with Crippen LogP contribution in [0.2, 0.25) is 0 Å². The molecule has 1 aliphatic rings. The van der Waals surface area contributed by atoms with Crippen LogP contribution >= 0.6 is 0 Å². The molecule has 1 saturated carbocycles. The first kappa shape index (κ1) is 19.8. The van der Waals surface area contributed by atoms with E-state index in [-0.39, 0.29) is 29.8 Å². The van der Waals surface area contributed by atoms with Gasteiger partial charge in [-0.05, 0) is 56.9 Å². The Morgan fingerprint density at radius 1 is 0.923 bits per heavy atom. The molecule has 2 rings (SSSR count). The Hall–Kier alpha value is -2.57. The van der Waals surface area contributed by atoms with Gasteiger partial charge in [0.05, 0.1) is 0 Å². The third-order valence-corrected chi connectivity index (χ3v) is 4.34. The Balaban J connectivity index is 1.96.